The molecule has 0 saturated heterocycles. The summed E-state index contributed by atoms with van der Waals surface area (Å²) < 4.78 is 0.678. The second-order valence-corrected chi connectivity index (χ2v) is 4.62. The summed E-state index contributed by atoms with van der Waals surface area (Å²) in [5.74, 6) is -0.569. The summed E-state index contributed by atoms with van der Waals surface area (Å²) in [4.78, 5) is 19.5. The Balaban J connectivity index is 2.24. The first-order valence-electron chi connectivity index (χ1n) is 4.84. The average Bonchev–Trinajstić information content (AvgIpc) is 2.32. The van der Waals surface area contributed by atoms with E-state index in [1.54, 1.807) is 6.07 Å². The molecule has 0 aliphatic rings. The van der Waals surface area contributed by atoms with Crippen molar-refractivity contribution in [3.8, 4) is 5.75 Å². The highest BCUT2D eigenvalue weighted by Crippen LogP contribution is 2.22. The number of nitrogens with zero attached hydrogens (tertiary/aromatic N) is 2. The van der Waals surface area contributed by atoms with Gasteiger partial charge in [-0.1, -0.05) is 27.5 Å². The Morgan fingerprint density at radius 2 is 2.17 bits per heavy atom. The molecule has 1 aromatic carbocycles. The third-order valence-corrected chi connectivity index (χ3v) is 2.75. The average molecular weight is 329 g/mol. The Labute approximate surface area is 116 Å². The molecule has 1 heterocycles. The summed E-state index contributed by atoms with van der Waals surface area (Å²) in [6.45, 7) is 0. The minimum atomic E-state index is -0.518. The maximum absolute atomic E-state index is 11.9. The minimum absolute atomic E-state index is 0.0758. The first-order chi connectivity index (χ1) is 8.56. The fraction of sp³-hybridized carbons (Fsp3) is 0. The molecule has 2 N–H and O–H groups in total. The smallest absolute Gasteiger partial charge is 0.261 e. The lowest BCUT2D eigenvalue weighted by molar-refractivity contribution is 0.102. The lowest BCUT2D eigenvalue weighted by Crippen LogP contribution is -2.14. The number of hydrogen-bond donors (Lipinski definition) is 2. The van der Waals surface area contributed by atoms with Gasteiger partial charge in [0.25, 0.3) is 5.91 Å². The number of rotatable bonds is 2. The first kappa shape index (κ1) is 12.8. The van der Waals surface area contributed by atoms with Gasteiger partial charge in [0.15, 0.2) is 0 Å². The van der Waals surface area contributed by atoms with Crippen LogP contribution in [0.1, 0.15) is 10.4 Å². The molecule has 1 amide bonds. The van der Waals surface area contributed by atoms with Crippen LogP contribution in [0.5, 0.6) is 5.75 Å². The van der Waals surface area contributed by atoms with Crippen LogP contribution in [0, 0.1) is 0 Å². The van der Waals surface area contributed by atoms with Crippen LogP contribution >= 0.6 is 27.5 Å². The van der Waals surface area contributed by atoms with Gasteiger partial charge in [0.05, 0.1) is 5.56 Å². The van der Waals surface area contributed by atoms with Crippen molar-refractivity contribution in [3.05, 3.63) is 45.7 Å². The lowest BCUT2D eigenvalue weighted by Gasteiger charge is -2.05. The summed E-state index contributed by atoms with van der Waals surface area (Å²) in [7, 11) is 0. The molecule has 0 spiro atoms. The predicted molar refractivity (Wildman–Crippen MR) is 70.8 cm³/mol. The first-order valence-corrected chi connectivity index (χ1v) is 6.02. The number of carbonyl (C=O) groups is 1. The second-order valence-electron chi connectivity index (χ2n) is 3.32. The number of hydrogen-bond acceptors (Lipinski definition) is 4. The van der Waals surface area contributed by atoms with Crippen molar-refractivity contribution in [1.29, 1.82) is 0 Å². The standard InChI is InChI=1S/C11H7BrClN3O2/c12-6-1-2-8(17)7(5-6)10(18)16-11-14-4-3-9(13)15-11/h1-5,17H,(H,14,15,16,18). The van der Waals surface area contributed by atoms with E-state index in [2.05, 4.69) is 31.2 Å². The molecule has 18 heavy (non-hydrogen) atoms. The van der Waals surface area contributed by atoms with Crippen LogP contribution in [-0.4, -0.2) is 21.0 Å². The number of halogens is 2. The normalized spacial score (nSPS) is 10.1. The van der Waals surface area contributed by atoms with E-state index < -0.39 is 5.91 Å². The number of nitrogens with one attached hydrogen (secondary N) is 1. The van der Waals surface area contributed by atoms with Crippen LogP contribution < -0.4 is 5.32 Å². The number of phenols is 1. The monoisotopic (exact) mass is 327 g/mol. The van der Waals surface area contributed by atoms with E-state index in [0.717, 1.165) is 0 Å². The number of phenolic OH excluding ortho intramolecular Hbond substituents is 1. The van der Waals surface area contributed by atoms with Crippen molar-refractivity contribution < 1.29 is 9.90 Å². The highest BCUT2D eigenvalue weighted by atomic mass is 79.9. The third-order valence-electron chi connectivity index (χ3n) is 2.05. The molecule has 2 aromatic rings. The second kappa shape index (κ2) is 5.32. The Bertz CT molecular complexity index is 607. The van der Waals surface area contributed by atoms with Crippen molar-refractivity contribution in [2.75, 3.05) is 5.32 Å². The molecule has 0 bridgehead atoms. The van der Waals surface area contributed by atoms with Crippen molar-refractivity contribution in [3.63, 3.8) is 0 Å². The fourth-order valence-electron chi connectivity index (χ4n) is 1.26. The van der Waals surface area contributed by atoms with Gasteiger partial charge in [-0.05, 0) is 24.3 Å². The largest absolute Gasteiger partial charge is 0.507 e. The van der Waals surface area contributed by atoms with E-state index in [4.69, 9.17) is 11.6 Å². The molecule has 0 aliphatic heterocycles. The van der Waals surface area contributed by atoms with Gasteiger partial charge in [0.2, 0.25) is 5.95 Å². The van der Waals surface area contributed by atoms with E-state index in [1.165, 1.54) is 24.4 Å². The number of aromatic hydroxyl groups is 1. The maximum Gasteiger partial charge on any atom is 0.261 e. The van der Waals surface area contributed by atoms with Gasteiger partial charge in [-0.3, -0.25) is 10.1 Å². The zero-order chi connectivity index (χ0) is 13.1. The lowest BCUT2D eigenvalue weighted by atomic mass is 10.2. The summed E-state index contributed by atoms with van der Waals surface area (Å²) in [6, 6.07) is 6.03. The van der Waals surface area contributed by atoms with E-state index >= 15 is 0 Å². The molecule has 7 heteroatoms. The van der Waals surface area contributed by atoms with Crippen LogP contribution in [0.3, 0.4) is 0 Å². The van der Waals surface area contributed by atoms with E-state index in [0.29, 0.717) is 4.47 Å². The molecule has 2 rings (SSSR count). The minimum Gasteiger partial charge on any atom is -0.507 e. The molecule has 0 atom stereocenters. The SMILES string of the molecule is O=C(Nc1nccc(Cl)n1)c1cc(Br)ccc1O. The van der Waals surface area contributed by atoms with Gasteiger partial charge in [-0.15, -0.1) is 0 Å². The number of anilines is 1. The van der Waals surface area contributed by atoms with E-state index in [1.807, 2.05) is 0 Å². The molecule has 1 aromatic heterocycles. The van der Waals surface area contributed by atoms with Crippen molar-refractivity contribution in [1.82, 2.24) is 9.97 Å². The predicted octanol–water partition coefficient (Wildman–Crippen LogP) is 2.85. The maximum atomic E-state index is 11.9. The van der Waals surface area contributed by atoms with Gasteiger partial charge < -0.3 is 5.11 Å². The number of amides is 1. The Hall–Kier alpha value is -1.66. The summed E-state index contributed by atoms with van der Waals surface area (Å²) in [5, 5.41) is 12.3. The number of carbonyl (C=O) groups excluding carboxylic acids is 1. The molecular weight excluding hydrogens is 321 g/mol. The molecule has 0 saturated carbocycles. The van der Waals surface area contributed by atoms with Crippen molar-refractivity contribution >= 4 is 39.4 Å². The summed E-state index contributed by atoms with van der Waals surface area (Å²) in [6.07, 6.45) is 1.42. The van der Waals surface area contributed by atoms with Gasteiger partial charge in [0.1, 0.15) is 10.9 Å². The van der Waals surface area contributed by atoms with Crippen LogP contribution in [-0.2, 0) is 0 Å². The zero-order valence-corrected chi connectivity index (χ0v) is 11.2. The van der Waals surface area contributed by atoms with Gasteiger partial charge in [0, 0.05) is 10.7 Å². The zero-order valence-electron chi connectivity index (χ0n) is 8.89. The molecule has 0 aliphatic carbocycles. The highest BCUT2D eigenvalue weighted by molar-refractivity contribution is 9.10. The van der Waals surface area contributed by atoms with Crippen LogP contribution in [0.15, 0.2) is 34.9 Å². The van der Waals surface area contributed by atoms with Gasteiger partial charge >= 0.3 is 0 Å². The molecule has 92 valence electrons. The fourth-order valence-corrected chi connectivity index (χ4v) is 1.75. The number of aromatic nitrogens is 2. The van der Waals surface area contributed by atoms with Crippen LogP contribution in [0.2, 0.25) is 5.15 Å². The Morgan fingerprint density at radius 1 is 1.39 bits per heavy atom. The highest BCUT2D eigenvalue weighted by Gasteiger charge is 2.13. The molecule has 0 fully saturated rings. The summed E-state index contributed by atoms with van der Waals surface area (Å²) >= 11 is 8.89. The molecule has 0 unspecified atom stereocenters. The van der Waals surface area contributed by atoms with E-state index in [-0.39, 0.29) is 22.4 Å². The van der Waals surface area contributed by atoms with Crippen LogP contribution in [0.25, 0.3) is 0 Å². The number of benzene rings is 1. The van der Waals surface area contributed by atoms with Gasteiger partial charge in [-0.2, -0.15) is 0 Å². The van der Waals surface area contributed by atoms with E-state index in [9.17, 15) is 9.90 Å². The van der Waals surface area contributed by atoms with Crippen LogP contribution in [0.4, 0.5) is 5.95 Å². The molecule has 0 radical (unpaired) electrons. The Morgan fingerprint density at radius 3 is 2.89 bits per heavy atom. The van der Waals surface area contributed by atoms with Crippen molar-refractivity contribution in [2.24, 2.45) is 0 Å². The molecule has 5 nitrogen and oxygen atoms in total. The van der Waals surface area contributed by atoms with Gasteiger partial charge in [-0.25, -0.2) is 9.97 Å². The molecular formula is C11H7BrClN3O2. The topological polar surface area (TPSA) is 75.1 Å². The third kappa shape index (κ3) is 2.96. The Kier molecular flexibility index (Phi) is 3.78. The van der Waals surface area contributed by atoms with Crippen molar-refractivity contribution in [2.45, 2.75) is 0 Å². The summed E-state index contributed by atoms with van der Waals surface area (Å²) in [5.41, 5.74) is 0.118. The quantitative estimate of drug-likeness (QED) is 0.831.